The van der Waals surface area contributed by atoms with E-state index in [0.29, 0.717) is 6.54 Å². The van der Waals surface area contributed by atoms with Crippen molar-refractivity contribution in [3.8, 4) is 0 Å². The quantitative estimate of drug-likeness (QED) is 0.738. The van der Waals surface area contributed by atoms with Gasteiger partial charge in [0, 0.05) is 12.6 Å². The van der Waals surface area contributed by atoms with Gasteiger partial charge in [-0.05, 0) is 31.9 Å². The lowest BCUT2D eigenvalue weighted by molar-refractivity contribution is -0.127. The fraction of sp³-hybridized carbons (Fsp3) is 0.250. The summed E-state index contributed by atoms with van der Waals surface area (Å²) >= 11 is 0. The molecule has 2 heteroatoms. The van der Waals surface area contributed by atoms with E-state index in [4.69, 9.17) is 0 Å². The predicted octanol–water partition coefficient (Wildman–Crippen LogP) is 4.59. The van der Waals surface area contributed by atoms with E-state index in [0.717, 1.165) is 16.7 Å². The molecule has 2 aromatic rings. The molecule has 0 aliphatic carbocycles. The molecule has 0 saturated heterocycles. The van der Waals surface area contributed by atoms with Crippen LogP contribution in [0.3, 0.4) is 0 Å². The molecule has 0 atom stereocenters. The normalized spacial score (nSPS) is 10.4. The second-order valence-corrected chi connectivity index (χ2v) is 5.57. The van der Waals surface area contributed by atoms with Crippen LogP contribution in [0.2, 0.25) is 0 Å². The number of carbonyl (C=O) groups is 1. The Morgan fingerprint density at radius 2 is 1.41 bits per heavy atom. The lowest BCUT2D eigenvalue weighted by Crippen LogP contribution is -2.34. The topological polar surface area (TPSA) is 20.3 Å². The smallest absolute Gasteiger partial charge is 0.247 e. The molecule has 0 aromatic heterocycles. The average molecular weight is 293 g/mol. The van der Waals surface area contributed by atoms with Crippen LogP contribution in [-0.2, 0) is 4.79 Å². The van der Waals surface area contributed by atoms with Crippen molar-refractivity contribution >= 4 is 5.91 Å². The van der Waals surface area contributed by atoms with Gasteiger partial charge in [-0.3, -0.25) is 4.79 Å². The number of likely N-dealkylation sites (N-methyl/N-ethyl adjacent to an activating group) is 1. The van der Waals surface area contributed by atoms with Crippen molar-refractivity contribution in [2.24, 2.45) is 0 Å². The first-order valence-corrected chi connectivity index (χ1v) is 7.69. The van der Waals surface area contributed by atoms with E-state index in [2.05, 4.69) is 24.3 Å². The van der Waals surface area contributed by atoms with Crippen molar-refractivity contribution in [1.82, 2.24) is 4.90 Å². The zero-order chi connectivity index (χ0) is 15.9. The summed E-state index contributed by atoms with van der Waals surface area (Å²) in [4.78, 5) is 14.5. The van der Waals surface area contributed by atoms with Gasteiger partial charge in [0.15, 0.2) is 0 Å². The zero-order valence-electron chi connectivity index (χ0n) is 13.5. The van der Waals surface area contributed by atoms with Crippen LogP contribution in [0.4, 0.5) is 0 Å². The summed E-state index contributed by atoms with van der Waals surface area (Å²) in [5.74, 6) is 0.0557. The molecule has 114 valence electrons. The SMILES string of the molecule is CCN(C(=O)C=C(C)C)C(c1ccccc1)c1ccccc1. The van der Waals surface area contributed by atoms with Crippen molar-refractivity contribution in [3.63, 3.8) is 0 Å². The molecule has 0 aliphatic heterocycles. The van der Waals surface area contributed by atoms with Crippen LogP contribution in [0.25, 0.3) is 0 Å². The first-order valence-electron chi connectivity index (χ1n) is 7.69. The number of carbonyl (C=O) groups excluding carboxylic acids is 1. The van der Waals surface area contributed by atoms with Crippen molar-refractivity contribution in [2.45, 2.75) is 26.8 Å². The average Bonchev–Trinajstić information content (AvgIpc) is 2.53. The second-order valence-electron chi connectivity index (χ2n) is 5.57. The molecule has 22 heavy (non-hydrogen) atoms. The van der Waals surface area contributed by atoms with E-state index in [1.807, 2.05) is 62.1 Å². The Labute approximate surface area is 133 Å². The molecule has 0 fully saturated rings. The molecular weight excluding hydrogens is 270 g/mol. The summed E-state index contributed by atoms with van der Waals surface area (Å²) in [5.41, 5.74) is 3.28. The summed E-state index contributed by atoms with van der Waals surface area (Å²) in [6, 6.07) is 20.3. The third-order valence-electron chi connectivity index (χ3n) is 3.58. The van der Waals surface area contributed by atoms with Gasteiger partial charge >= 0.3 is 0 Å². The molecule has 2 rings (SSSR count). The van der Waals surface area contributed by atoms with Gasteiger partial charge in [-0.2, -0.15) is 0 Å². The number of hydrogen-bond acceptors (Lipinski definition) is 1. The maximum Gasteiger partial charge on any atom is 0.247 e. The monoisotopic (exact) mass is 293 g/mol. The van der Waals surface area contributed by atoms with Gasteiger partial charge < -0.3 is 4.90 Å². The summed E-state index contributed by atoms with van der Waals surface area (Å²) in [7, 11) is 0. The van der Waals surface area contributed by atoms with Crippen molar-refractivity contribution in [3.05, 3.63) is 83.4 Å². The Hall–Kier alpha value is -2.35. The van der Waals surface area contributed by atoms with E-state index in [1.54, 1.807) is 6.08 Å². The Morgan fingerprint density at radius 3 is 1.77 bits per heavy atom. The highest BCUT2D eigenvalue weighted by Crippen LogP contribution is 2.28. The molecule has 0 radical (unpaired) electrons. The number of allylic oxidation sites excluding steroid dienone is 1. The molecule has 0 bridgehead atoms. The number of amides is 1. The minimum absolute atomic E-state index is 0.0557. The number of benzene rings is 2. The molecule has 0 spiro atoms. The molecule has 0 aliphatic rings. The van der Waals surface area contributed by atoms with Gasteiger partial charge in [0.1, 0.15) is 0 Å². The van der Waals surface area contributed by atoms with E-state index in [-0.39, 0.29) is 11.9 Å². The molecule has 0 unspecified atom stereocenters. The summed E-state index contributed by atoms with van der Waals surface area (Å²) in [6.45, 7) is 6.59. The first-order chi connectivity index (χ1) is 10.6. The van der Waals surface area contributed by atoms with Gasteiger partial charge in [0.2, 0.25) is 5.91 Å². The standard InChI is InChI=1S/C20H23NO/c1-4-21(19(22)15-16(2)3)20(17-11-7-5-8-12-17)18-13-9-6-10-14-18/h5-15,20H,4H2,1-3H3. The summed E-state index contributed by atoms with van der Waals surface area (Å²) in [6.07, 6.45) is 1.71. The van der Waals surface area contributed by atoms with E-state index in [9.17, 15) is 4.79 Å². The van der Waals surface area contributed by atoms with Crippen LogP contribution in [0, 0.1) is 0 Å². The van der Waals surface area contributed by atoms with Crippen molar-refractivity contribution in [1.29, 1.82) is 0 Å². The molecular formula is C20H23NO. The van der Waals surface area contributed by atoms with Crippen LogP contribution >= 0.6 is 0 Å². The van der Waals surface area contributed by atoms with E-state index >= 15 is 0 Å². The van der Waals surface area contributed by atoms with E-state index in [1.165, 1.54) is 0 Å². The summed E-state index contributed by atoms with van der Waals surface area (Å²) < 4.78 is 0. The lowest BCUT2D eigenvalue weighted by Gasteiger charge is -2.31. The van der Waals surface area contributed by atoms with Gasteiger partial charge in [-0.1, -0.05) is 66.2 Å². The van der Waals surface area contributed by atoms with Crippen LogP contribution in [0.15, 0.2) is 72.3 Å². The Kier molecular flexibility index (Phi) is 5.54. The number of nitrogens with zero attached hydrogens (tertiary/aromatic N) is 1. The maximum atomic E-state index is 12.6. The summed E-state index contributed by atoms with van der Waals surface area (Å²) in [5, 5.41) is 0. The number of rotatable bonds is 5. The highest BCUT2D eigenvalue weighted by atomic mass is 16.2. The zero-order valence-corrected chi connectivity index (χ0v) is 13.5. The fourth-order valence-electron chi connectivity index (χ4n) is 2.62. The Bertz CT molecular complexity index is 588. The van der Waals surface area contributed by atoms with Crippen LogP contribution in [-0.4, -0.2) is 17.4 Å². The van der Waals surface area contributed by atoms with Crippen LogP contribution in [0.5, 0.6) is 0 Å². The Morgan fingerprint density at radius 1 is 0.955 bits per heavy atom. The van der Waals surface area contributed by atoms with Gasteiger partial charge in [-0.15, -0.1) is 0 Å². The Balaban J connectivity index is 2.48. The highest BCUT2D eigenvalue weighted by molar-refractivity contribution is 5.88. The molecule has 2 aromatic carbocycles. The van der Waals surface area contributed by atoms with Crippen LogP contribution in [0.1, 0.15) is 37.9 Å². The highest BCUT2D eigenvalue weighted by Gasteiger charge is 2.24. The predicted molar refractivity (Wildman–Crippen MR) is 91.5 cm³/mol. The number of hydrogen-bond donors (Lipinski definition) is 0. The largest absolute Gasteiger partial charge is 0.328 e. The molecule has 1 amide bonds. The third-order valence-corrected chi connectivity index (χ3v) is 3.58. The van der Waals surface area contributed by atoms with Crippen molar-refractivity contribution in [2.75, 3.05) is 6.54 Å². The van der Waals surface area contributed by atoms with E-state index < -0.39 is 0 Å². The van der Waals surface area contributed by atoms with Gasteiger partial charge in [-0.25, -0.2) is 0 Å². The van der Waals surface area contributed by atoms with Crippen LogP contribution < -0.4 is 0 Å². The van der Waals surface area contributed by atoms with Gasteiger partial charge in [0.05, 0.1) is 6.04 Å². The van der Waals surface area contributed by atoms with Gasteiger partial charge in [0.25, 0.3) is 0 Å². The third kappa shape index (κ3) is 3.85. The second kappa shape index (κ2) is 7.60. The molecule has 0 saturated carbocycles. The first kappa shape index (κ1) is 16.0. The molecule has 0 N–H and O–H groups in total. The van der Waals surface area contributed by atoms with Crippen molar-refractivity contribution < 1.29 is 4.79 Å². The molecule has 0 heterocycles. The minimum Gasteiger partial charge on any atom is -0.328 e. The molecule has 2 nitrogen and oxygen atoms in total. The fourth-order valence-corrected chi connectivity index (χ4v) is 2.62. The minimum atomic E-state index is -0.0597. The maximum absolute atomic E-state index is 12.6. The lowest BCUT2D eigenvalue weighted by atomic mass is 9.97.